The molecule has 2 N–H and O–H groups in total. The first kappa shape index (κ1) is 27.1. The molecule has 0 saturated carbocycles. The molecule has 0 aromatic carbocycles. The lowest BCUT2D eigenvalue weighted by Crippen LogP contribution is -2.49. The zero-order valence-corrected chi connectivity index (χ0v) is 21.9. The zero-order valence-electron chi connectivity index (χ0n) is 21.9. The van der Waals surface area contributed by atoms with Gasteiger partial charge >= 0.3 is 0 Å². The van der Waals surface area contributed by atoms with Crippen LogP contribution in [-0.4, -0.2) is 113 Å². The van der Waals surface area contributed by atoms with E-state index in [-0.39, 0.29) is 23.2 Å². The van der Waals surface area contributed by atoms with Crippen molar-refractivity contribution in [3.05, 3.63) is 24.5 Å². The molecule has 3 saturated heterocycles. The minimum atomic E-state index is -2.86. The minimum Gasteiger partial charge on any atom is -0.378 e. The van der Waals surface area contributed by atoms with Crippen molar-refractivity contribution in [1.82, 2.24) is 34.7 Å². The number of carbonyl (C=O) groups excluding carboxylic acids is 1. The number of morpholine rings is 1. The zero-order chi connectivity index (χ0) is 27.4. The molecule has 1 amide bonds. The van der Waals surface area contributed by atoms with Crippen molar-refractivity contribution in [1.29, 1.82) is 0 Å². The Kier molecular flexibility index (Phi) is 8.41. The molecular formula is C25H34F2N10O2. The van der Waals surface area contributed by atoms with E-state index in [0.29, 0.717) is 57.2 Å². The fraction of sp³-hybridized carbons (Fsp3) is 0.600. The summed E-state index contributed by atoms with van der Waals surface area (Å²) in [6.45, 7) is 11.4. The number of rotatable bonds is 7. The molecule has 39 heavy (non-hydrogen) atoms. The smallest absolute Gasteiger partial charge is 0.281 e. The molecule has 3 aliphatic heterocycles. The van der Waals surface area contributed by atoms with Gasteiger partial charge in [0, 0.05) is 65.1 Å². The minimum absolute atomic E-state index is 0.00133. The Morgan fingerprint density at radius 1 is 1.00 bits per heavy atom. The van der Waals surface area contributed by atoms with Gasteiger partial charge in [0.15, 0.2) is 5.82 Å². The van der Waals surface area contributed by atoms with Crippen LogP contribution in [0.3, 0.4) is 0 Å². The number of anilines is 3. The number of halogens is 2. The van der Waals surface area contributed by atoms with E-state index in [4.69, 9.17) is 15.5 Å². The highest BCUT2D eigenvalue weighted by molar-refractivity contribution is 5.87. The molecule has 0 spiro atoms. The van der Waals surface area contributed by atoms with Crippen LogP contribution in [-0.2, 0) is 9.53 Å². The normalized spacial score (nSPS) is 19.5. The van der Waals surface area contributed by atoms with Crippen LogP contribution in [0.1, 0.15) is 25.0 Å². The highest BCUT2D eigenvalue weighted by Crippen LogP contribution is 2.30. The van der Waals surface area contributed by atoms with E-state index in [1.165, 1.54) is 12.3 Å². The van der Waals surface area contributed by atoms with E-state index in [1.807, 2.05) is 9.80 Å². The number of likely N-dealkylation sites (tertiary alicyclic amines) is 1. The second-order valence-corrected chi connectivity index (χ2v) is 9.95. The summed E-state index contributed by atoms with van der Waals surface area (Å²) < 4.78 is 33.1. The number of carbonyl (C=O) groups is 1. The van der Waals surface area contributed by atoms with Gasteiger partial charge in [-0.15, -0.1) is 0 Å². The monoisotopic (exact) mass is 544 g/mol. The molecule has 2 aromatic heterocycles. The highest BCUT2D eigenvalue weighted by atomic mass is 19.3. The second-order valence-electron chi connectivity index (χ2n) is 9.95. The van der Waals surface area contributed by atoms with Gasteiger partial charge in [-0.05, 0) is 24.8 Å². The number of nitrogens with zero attached hydrogens (tertiary/aromatic N) is 9. The fourth-order valence-corrected chi connectivity index (χ4v) is 5.23. The van der Waals surface area contributed by atoms with Crippen LogP contribution in [0.5, 0.6) is 0 Å². The number of hydrogen-bond donors (Lipinski definition) is 1. The Morgan fingerprint density at radius 2 is 1.64 bits per heavy atom. The first-order valence-corrected chi connectivity index (χ1v) is 13.3. The van der Waals surface area contributed by atoms with Crippen LogP contribution in [0.15, 0.2) is 18.9 Å². The molecule has 0 aliphatic carbocycles. The lowest BCUT2D eigenvalue weighted by molar-refractivity contribution is -0.127. The number of ether oxygens (including phenoxy) is 1. The van der Waals surface area contributed by atoms with E-state index >= 15 is 0 Å². The maximum absolute atomic E-state index is 13.8. The van der Waals surface area contributed by atoms with Gasteiger partial charge in [0.05, 0.1) is 18.8 Å². The lowest BCUT2D eigenvalue weighted by atomic mass is 9.96. The fourth-order valence-electron chi connectivity index (χ4n) is 5.23. The Balaban J connectivity index is 1.31. The largest absolute Gasteiger partial charge is 0.378 e. The predicted octanol–water partition coefficient (Wildman–Crippen LogP) is 1.23. The second kappa shape index (κ2) is 12.1. The molecule has 210 valence electrons. The third-order valence-electron chi connectivity index (χ3n) is 7.46. The van der Waals surface area contributed by atoms with Crippen molar-refractivity contribution >= 4 is 23.8 Å². The molecule has 0 bridgehead atoms. The lowest BCUT2D eigenvalue weighted by Gasteiger charge is -2.39. The maximum Gasteiger partial charge on any atom is 0.281 e. The van der Waals surface area contributed by atoms with Gasteiger partial charge in [-0.3, -0.25) is 9.69 Å². The topological polar surface area (TPSA) is 130 Å². The molecule has 3 fully saturated rings. The van der Waals surface area contributed by atoms with Crippen molar-refractivity contribution in [2.75, 3.05) is 87.7 Å². The Labute approximate surface area is 225 Å². The molecule has 0 radical (unpaired) electrons. The molecule has 14 heteroatoms. The first-order valence-electron chi connectivity index (χ1n) is 13.3. The number of alkyl halides is 2. The maximum atomic E-state index is 13.8. The first-order chi connectivity index (χ1) is 18.9. The van der Waals surface area contributed by atoms with Gasteiger partial charge in [-0.25, -0.2) is 18.7 Å². The summed E-state index contributed by atoms with van der Waals surface area (Å²) in [5.74, 6) is 1.26. The number of aromatic nitrogens is 5. The van der Waals surface area contributed by atoms with Crippen LogP contribution in [0.25, 0.3) is 11.4 Å². The quantitative estimate of drug-likeness (QED) is 0.505. The summed E-state index contributed by atoms with van der Waals surface area (Å²) in [6.07, 6.45) is 1.73. The Hall–Kier alpha value is -3.52. The number of piperidine rings is 1. The molecule has 2 aromatic rings. The third-order valence-corrected chi connectivity index (χ3v) is 7.46. The van der Waals surface area contributed by atoms with Crippen molar-refractivity contribution in [3.63, 3.8) is 0 Å². The number of hydrogen-bond acceptors (Lipinski definition) is 11. The summed E-state index contributed by atoms with van der Waals surface area (Å²) >= 11 is 0. The van der Waals surface area contributed by atoms with Crippen molar-refractivity contribution in [3.8, 4) is 11.4 Å². The van der Waals surface area contributed by atoms with Crippen LogP contribution in [0, 0.1) is 5.92 Å². The van der Waals surface area contributed by atoms with Crippen molar-refractivity contribution in [2.24, 2.45) is 5.92 Å². The summed E-state index contributed by atoms with van der Waals surface area (Å²) in [7, 11) is 0. The summed E-state index contributed by atoms with van der Waals surface area (Å²) in [4.78, 5) is 41.7. The average molecular weight is 545 g/mol. The summed E-state index contributed by atoms with van der Waals surface area (Å²) in [6, 6.07) is 0. The van der Waals surface area contributed by atoms with E-state index in [9.17, 15) is 13.6 Å². The molecule has 0 atom stereocenters. The van der Waals surface area contributed by atoms with Gasteiger partial charge in [0.25, 0.3) is 6.43 Å². The molecular weight excluding hydrogens is 510 g/mol. The highest BCUT2D eigenvalue weighted by Gasteiger charge is 2.28. The molecule has 5 rings (SSSR count). The van der Waals surface area contributed by atoms with E-state index in [0.717, 1.165) is 45.6 Å². The van der Waals surface area contributed by atoms with E-state index in [1.54, 1.807) is 0 Å². The average Bonchev–Trinajstić information content (AvgIpc) is 2.97. The number of nitrogen functional groups attached to an aromatic ring is 1. The van der Waals surface area contributed by atoms with Crippen LogP contribution >= 0.6 is 0 Å². The standard InChI is InChI=1S/C25H34F2N10O2/c1-2-19(38)35-5-3-17(4-6-35)16-34-7-9-36(10-8-34)24-31-22(18-15-29-23(28)30-20(18)21(26)27)32-25(33-24)37-11-13-39-14-12-37/h2,15,17,21H,1,3-14,16H2,(H2,28,29,30). The van der Waals surface area contributed by atoms with E-state index < -0.39 is 12.1 Å². The molecule has 5 heterocycles. The van der Waals surface area contributed by atoms with Gasteiger partial charge in [0.2, 0.25) is 23.8 Å². The summed E-state index contributed by atoms with van der Waals surface area (Å²) in [5.41, 5.74) is 5.12. The van der Waals surface area contributed by atoms with Gasteiger partial charge in [-0.1, -0.05) is 6.58 Å². The number of nitrogens with two attached hydrogens (primary N) is 1. The van der Waals surface area contributed by atoms with E-state index in [2.05, 4.69) is 36.3 Å². The summed E-state index contributed by atoms with van der Waals surface area (Å²) in [5, 5.41) is 0. The molecule has 0 unspecified atom stereocenters. The number of amides is 1. The van der Waals surface area contributed by atoms with Crippen molar-refractivity contribution in [2.45, 2.75) is 19.3 Å². The van der Waals surface area contributed by atoms with Crippen molar-refractivity contribution < 1.29 is 18.3 Å². The third kappa shape index (κ3) is 6.38. The van der Waals surface area contributed by atoms with Gasteiger partial charge in [0.1, 0.15) is 5.69 Å². The number of piperazine rings is 1. The molecule has 12 nitrogen and oxygen atoms in total. The van der Waals surface area contributed by atoms with Gasteiger partial charge < -0.3 is 25.2 Å². The van der Waals surface area contributed by atoms with Gasteiger partial charge in [-0.2, -0.15) is 15.0 Å². The molecule has 3 aliphatic rings. The Bertz CT molecular complexity index is 1160. The predicted molar refractivity (Wildman–Crippen MR) is 141 cm³/mol. The van der Waals surface area contributed by atoms with Crippen LogP contribution in [0.4, 0.5) is 26.6 Å². The Morgan fingerprint density at radius 3 is 2.26 bits per heavy atom. The van der Waals surface area contributed by atoms with Crippen LogP contribution in [0.2, 0.25) is 0 Å². The van der Waals surface area contributed by atoms with Crippen LogP contribution < -0.4 is 15.5 Å². The SMILES string of the molecule is C=CC(=O)N1CCC(CN2CCN(c3nc(-c4cnc(N)nc4C(F)F)nc(N4CCOCC4)n3)CC2)CC1.